The van der Waals surface area contributed by atoms with Crippen molar-refractivity contribution in [3.63, 3.8) is 0 Å². The minimum atomic E-state index is -0.0138. The number of hydrogen-bond donors (Lipinski definition) is 2. The van der Waals surface area contributed by atoms with Gasteiger partial charge in [-0.05, 0) is 6.42 Å². The zero-order valence-corrected chi connectivity index (χ0v) is 9.58. The lowest BCUT2D eigenvalue weighted by atomic mass is 9.97. The highest BCUT2D eigenvalue weighted by atomic mass is 16.5. The van der Waals surface area contributed by atoms with Crippen molar-refractivity contribution < 1.29 is 14.3 Å². The van der Waals surface area contributed by atoms with Gasteiger partial charge in [-0.3, -0.25) is 4.79 Å². The average Bonchev–Trinajstić information content (AvgIpc) is 2.18. The molecule has 1 saturated heterocycles. The third kappa shape index (κ3) is 3.77. The van der Waals surface area contributed by atoms with Crippen LogP contribution in [-0.4, -0.2) is 51.5 Å². The van der Waals surface area contributed by atoms with Gasteiger partial charge in [0.1, 0.15) is 0 Å². The third-order valence-electron chi connectivity index (χ3n) is 2.65. The Bertz CT molecular complexity index is 211. The van der Waals surface area contributed by atoms with Crippen molar-refractivity contribution in [3.8, 4) is 0 Å². The second-order valence-electron chi connectivity index (χ2n) is 3.88. The van der Waals surface area contributed by atoms with Gasteiger partial charge in [0, 0.05) is 33.7 Å². The fourth-order valence-electron chi connectivity index (χ4n) is 1.96. The van der Waals surface area contributed by atoms with Crippen LogP contribution >= 0.6 is 0 Å². The Kier molecular flexibility index (Phi) is 5.01. The molecule has 0 bridgehead atoms. The lowest BCUT2D eigenvalue weighted by Crippen LogP contribution is -2.57. The van der Waals surface area contributed by atoms with Gasteiger partial charge in [0.2, 0.25) is 5.91 Å². The van der Waals surface area contributed by atoms with E-state index in [1.165, 1.54) is 6.92 Å². The third-order valence-corrected chi connectivity index (χ3v) is 2.65. The Hall–Kier alpha value is -0.650. The molecule has 1 amide bonds. The van der Waals surface area contributed by atoms with Crippen LogP contribution in [-0.2, 0) is 14.3 Å². The summed E-state index contributed by atoms with van der Waals surface area (Å²) in [6, 6.07) is 0.368. The van der Waals surface area contributed by atoms with Gasteiger partial charge in [-0.25, -0.2) is 0 Å². The normalized spacial score (nSPS) is 31.3. The second kappa shape index (κ2) is 6.05. The van der Waals surface area contributed by atoms with E-state index in [0.29, 0.717) is 12.6 Å². The Morgan fingerprint density at radius 3 is 2.80 bits per heavy atom. The quantitative estimate of drug-likeness (QED) is 0.666. The lowest BCUT2D eigenvalue weighted by molar-refractivity contribution is -0.121. The summed E-state index contributed by atoms with van der Waals surface area (Å²) >= 11 is 0. The van der Waals surface area contributed by atoms with Crippen molar-refractivity contribution in [1.82, 2.24) is 10.6 Å². The Morgan fingerprint density at radius 2 is 2.27 bits per heavy atom. The first-order valence-corrected chi connectivity index (χ1v) is 5.19. The second-order valence-corrected chi connectivity index (χ2v) is 3.88. The standard InChI is InChI=1S/C10H20N2O3/c1-7(13)12-9-4-8(6-14-2)11-5-10(9)15-3/h8-11H,4-6H2,1-3H3,(H,12,13)/t8-,9+,10+/m1/s1. The van der Waals surface area contributed by atoms with Crippen LogP contribution in [0.4, 0.5) is 0 Å². The number of piperidine rings is 1. The van der Waals surface area contributed by atoms with Crippen molar-refractivity contribution in [3.05, 3.63) is 0 Å². The molecule has 0 aromatic carbocycles. The first kappa shape index (κ1) is 12.4. The molecule has 1 fully saturated rings. The van der Waals surface area contributed by atoms with Crippen molar-refractivity contribution in [2.45, 2.75) is 31.5 Å². The molecular weight excluding hydrogens is 196 g/mol. The average molecular weight is 216 g/mol. The lowest BCUT2D eigenvalue weighted by Gasteiger charge is -2.36. The molecule has 15 heavy (non-hydrogen) atoms. The first-order chi connectivity index (χ1) is 7.17. The number of amides is 1. The van der Waals surface area contributed by atoms with E-state index in [-0.39, 0.29) is 18.1 Å². The number of hydrogen-bond acceptors (Lipinski definition) is 4. The van der Waals surface area contributed by atoms with E-state index >= 15 is 0 Å². The molecule has 5 heteroatoms. The largest absolute Gasteiger partial charge is 0.383 e. The zero-order chi connectivity index (χ0) is 11.3. The molecular formula is C10H20N2O3. The first-order valence-electron chi connectivity index (χ1n) is 5.19. The highest BCUT2D eigenvalue weighted by molar-refractivity contribution is 5.73. The molecule has 1 aliphatic heterocycles. The molecule has 0 saturated carbocycles. The summed E-state index contributed by atoms with van der Waals surface area (Å²) in [5.41, 5.74) is 0. The zero-order valence-electron chi connectivity index (χ0n) is 9.58. The number of ether oxygens (including phenoxy) is 2. The number of carbonyl (C=O) groups excluding carboxylic acids is 1. The molecule has 0 unspecified atom stereocenters. The molecule has 0 spiro atoms. The van der Waals surface area contributed by atoms with Crippen LogP contribution in [0.25, 0.3) is 0 Å². The van der Waals surface area contributed by atoms with E-state index in [2.05, 4.69) is 10.6 Å². The summed E-state index contributed by atoms with van der Waals surface area (Å²) in [4.78, 5) is 11.0. The maximum atomic E-state index is 11.0. The Morgan fingerprint density at radius 1 is 1.53 bits per heavy atom. The number of methoxy groups -OCH3 is 2. The summed E-state index contributed by atoms with van der Waals surface area (Å²) in [7, 11) is 3.34. The predicted molar refractivity (Wildman–Crippen MR) is 56.7 cm³/mol. The molecule has 0 aromatic heterocycles. The summed E-state index contributed by atoms with van der Waals surface area (Å²) in [5, 5.41) is 6.23. The van der Waals surface area contributed by atoms with E-state index in [1.807, 2.05) is 0 Å². The van der Waals surface area contributed by atoms with Gasteiger partial charge in [-0.15, -0.1) is 0 Å². The topological polar surface area (TPSA) is 59.6 Å². The van der Waals surface area contributed by atoms with Crippen LogP contribution in [0.1, 0.15) is 13.3 Å². The van der Waals surface area contributed by atoms with E-state index in [1.54, 1.807) is 14.2 Å². The van der Waals surface area contributed by atoms with Gasteiger partial charge in [0.05, 0.1) is 18.8 Å². The van der Waals surface area contributed by atoms with Crippen LogP contribution in [0, 0.1) is 0 Å². The monoisotopic (exact) mass is 216 g/mol. The van der Waals surface area contributed by atoms with Crippen LogP contribution in [0.2, 0.25) is 0 Å². The van der Waals surface area contributed by atoms with Crippen molar-refractivity contribution in [2.24, 2.45) is 0 Å². The summed E-state index contributed by atoms with van der Waals surface area (Å²) in [6.07, 6.45) is 0.883. The minimum Gasteiger partial charge on any atom is -0.383 e. The summed E-state index contributed by atoms with van der Waals surface area (Å²) in [5.74, 6) is -0.0138. The maximum absolute atomic E-state index is 11.0. The summed E-state index contributed by atoms with van der Waals surface area (Å²) < 4.78 is 10.4. The number of rotatable bonds is 4. The van der Waals surface area contributed by atoms with Crippen molar-refractivity contribution >= 4 is 5.91 Å². The van der Waals surface area contributed by atoms with Crippen molar-refractivity contribution in [2.75, 3.05) is 27.4 Å². The Balaban J connectivity index is 2.48. The molecule has 3 atom stereocenters. The minimum absolute atomic E-state index is 0.0138. The fourth-order valence-corrected chi connectivity index (χ4v) is 1.96. The van der Waals surface area contributed by atoms with E-state index < -0.39 is 0 Å². The van der Waals surface area contributed by atoms with E-state index in [0.717, 1.165) is 13.0 Å². The van der Waals surface area contributed by atoms with Crippen LogP contribution in [0.15, 0.2) is 0 Å². The Labute approximate surface area is 90.5 Å². The van der Waals surface area contributed by atoms with Gasteiger partial charge in [0.25, 0.3) is 0 Å². The highest BCUT2D eigenvalue weighted by Crippen LogP contribution is 2.12. The number of carbonyl (C=O) groups is 1. The molecule has 1 rings (SSSR count). The summed E-state index contributed by atoms with van der Waals surface area (Å²) in [6.45, 7) is 2.93. The molecule has 1 aliphatic rings. The molecule has 0 radical (unpaired) electrons. The molecule has 1 heterocycles. The molecule has 0 aliphatic carbocycles. The van der Waals surface area contributed by atoms with Crippen LogP contribution < -0.4 is 10.6 Å². The highest BCUT2D eigenvalue weighted by Gasteiger charge is 2.30. The van der Waals surface area contributed by atoms with E-state index in [4.69, 9.17) is 9.47 Å². The van der Waals surface area contributed by atoms with Gasteiger partial charge < -0.3 is 20.1 Å². The van der Waals surface area contributed by atoms with Gasteiger partial charge in [-0.1, -0.05) is 0 Å². The smallest absolute Gasteiger partial charge is 0.217 e. The van der Waals surface area contributed by atoms with Gasteiger partial charge in [0.15, 0.2) is 0 Å². The molecule has 5 nitrogen and oxygen atoms in total. The van der Waals surface area contributed by atoms with E-state index in [9.17, 15) is 4.79 Å². The molecule has 0 aromatic rings. The van der Waals surface area contributed by atoms with Crippen LogP contribution in [0.5, 0.6) is 0 Å². The van der Waals surface area contributed by atoms with Crippen molar-refractivity contribution in [1.29, 1.82) is 0 Å². The predicted octanol–water partition coefficient (Wildman–Crippen LogP) is -0.486. The SMILES string of the molecule is COC[C@H]1C[C@H](NC(C)=O)[C@@H](OC)CN1. The van der Waals surface area contributed by atoms with Crippen LogP contribution in [0.3, 0.4) is 0 Å². The number of nitrogens with one attached hydrogen (secondary N) is 2. The van der Waals surface area contributed by atoms with Gasteiger partial charge >= 0.3 is 0 Å². The molecule has 2 N–H and O–H groups in total. The molecule has 88 valence electrons. The fraction of sp³-hybridized carbons (Fsp3) is 0.900. The van der Waals surface area contributed by atoms with Gasteiger partial charge in [-0.2, -0.15) is 0 Å². The maximum Gasteiger partial charge on any atom is 0.217 e.